The number of carboxylic acids is 1. The highest BCUT2D eigenvalue weighted by atomic mass is 32.2. The molecular formula is C20H18N4O6S. The van der Waals surface area contributed by atoms with Crippen molar-refractivity contribution in [1.82, 2.24) is 9.29 Å². The first-order valence-corrected chi connectivity index (χ1v) is 10.3. The van der Waals surface area contributed by atoms with Gasteiger partial charge in [0.2, 0.25) is 0 Å². The van der Waals surface area contributed by atoms with Crippen LogP contribution in [0.5, 0.6) is 0 Å². The van der Waals surface area contributed by atoms with Crippen LogP contribution in [0.1, 0.15) is 12.0 Å². The van der Waals surface area contributed by atoms with Crippen LogP contribution in [-0.4, -0.2) is 42.8 Å². The molecule has 160 valence electrons. The number of nitrogens with zero attached hydrogens (tertiary/aromatic N) is 3. The van der Waals surface area contributed by atoms with E-state index in [1.807, 2.05) is 30.5 Å². The van der Waals surface area contributed by atoms with Crippen molar-refractivity contribution < 1.29 is 19.7 Å². The number of nitrogens with one attached hydrogen (secondary N) is 1. The molecule has 0 unspecified atom stereocenters. The van der Waals surface area contributed by atoms with Crippen LogP contribution in [0.15, 0.2) is 53.6 Å². The highest BCUT2D eigenvalue weighted by Gasteiger charge is 2.41. The number of aliphatic carboxylic acids is 1. The molecule has 1 aromatic heterocycles. The van der Waals surface area contributed by atoms with Crippen LogP contribution in [-0.2, 0) is 11.2 Å². The fourth-order valence-electron chi connectivity index (χ4n) is 4.01. The van der Waals surface area contributed by atoms with E-state index >= 15 is 0 Å². The van der Waals surface area contributed by atoms with Gasteiger partial charge in [-0.15, -0.1) is 0 Å². The van der Waals surface area contributed by atoms with Crippen molar-refractivity contribution in [3.8, 4) is 0 Å². The summed E-state index contributed by atoms with van der Waals surface area (Å²) in [7, 11) is 0. The van der Waals surface area contributed by atoms with Crippen molar-refractivity contribution >= 4 is 40.2 Å². The lowest BCUT2D eigenvalue weighted by Crippen LogP contribution is -2.36. The maximum absolute atomic E-state index is 12.1. The van der Waals surface area contributed by atoms with E-state index < -0.39 is 27.5 Å². The van der Waals surface area contributed by atoms with Crippen molar-refractivity contribution in [3.05, 3.63) is 74.5 Å². The third-order valence-corrected chi connectivity index (χ3v) is 6.64. The van der Waals surface area contributed by atoms with E-state index in [1.54, 1.807) is 4.31 Å². The molecule has 2 atom stereocenters. The van der Waals surface area contributed by atoms with E-state index in [9.17, 15) is 30.1 Å². The largest absolute Gasteiger partial charge is 0.480 e. The third kappa shape index (κ3) is 4.09. The molecule has 1 aliphatic heterocycles. The van der Waals surface area contributed by atoms with Crippen LogP contribution in [0.4, 0.5) is 11.4 Å². The Morgan fingerprint density at radius 3 is 2.68 bits per heavy atom. The first-order valence-electron chi connectivity index (χ1n) is 9.50. The number of rotatable bonds is 7. The predicted molar refractivity (Wildman–Crippen MR) is 114 cm³/mol. The van der Waals surface area contributed by atoms with Gasteiger partial charge in [-0.25, -0.2) is 4.31 Å². The number of hydrogen-bond acceptors (Lipinski definition) is 7. The number of nitro groups is 2. The molecule has 11 heteroatoms. The number of hydrogen-bond donors (Lipinski definition) is 2. The van der Waals surface area contributed by atoms with Gasteiger partial charge in [-0.05, 0) is 48.4 Å². The van der Waals surface area contributed by atoms with Gasteiger partial charge in [-0.2, -0.15) is 0 Å². The Labute approximate surface area is 180 Å². The summed E-state index contributed by atoms with van der Waals surface area (Å²) in [6, 6.07) is 10.3. The Morgan fingerprint density at radius 2 is 1.97 bits per heavy atom. The van der Waals surface area contributed by atoms with Gasteiger partial charge in [-0.3, -0.25) is 25.0 Å². The third-order valence-electron chi connectivity index (χ3n) is 5.45. The quantitative estimate of drug-likeness (QED) is 0.317. The molecule has 0 bridgehead atoms. The smallest absolute Gasteiger partial charge is 0.322 e. The van der Waals surface area contributed by atoms with Gasteiger partial charge in [0.05, 0.1) is 15.9 Å². The summed E-state index contributed by atoms with van der Waals surface area (Å²) in [5.74, 6) is -1.18. The van der Waals surface area contributed by atoms with Crippen LogP contribution in [0.25, 0.3) is 10.9 Å². The minimum absolute atomic E-state index is 0.176. The van der Waals surface area contributed by atoms with Crippen LogP contribution < -0.4 is 0 Å². The molecule has 2 heterocycles. The first-order chi connectivity index (χ1) is 14.8. The fraction of sp³-hybridized carbons (Fsp3) is 0.250. The van der Waals surface area contributed by atoms with Crippen molar-refractivity contribution in [1.29, 1.82) is 0 Å². The number of non-ortho nitro benzene ring substituents is 1. The van der Waals surface area contributed by atoms with E-state index in [0.717, 1.165) is 34.5 Å². The van der Waals surface area contributed by atoms with E-state index in [4.69, 9.17) is 0 Å². The Hall–Kier alpha value is -3.44. The van der Waals surface area contributed by atoms with E-state index in [2.05, 4.69) is 4.98 Å². The molecule has 0 spiro atoms. The zero-order valence-corrected chi connectivity index (χ0v) is 16.9. The SMILES string of the molecule is O=C(O)[C@@H]1[C@H](Cc2c[nH]c3ccccc23)CCN1Sc1ccc([N+](=O)[O-])cc1[N+](=O)[O-]. The summed E-state index contributed by atoms with van der Waals surface area (Å²) in [4.78, 5) is 36.4. The second-order valence-electron chi connectivity index (χ2n) is 7.29. The molecule has 2 aromatic carbocycles. The number of aromatic nitrogens is 1. The van der Waals surface area contributed by atoms with Gasteiger partial charge >= 0.3 is 5.97 Å². The maximum atomic E-state index is 12.1. The number of aromatic amines is 1. The summed E-state index contributed by atoms with van der Waals surface area (Å²) >= 11 is 0.963. The fourth-order valence-corrected chi connectivity index (χ4v) is 5.20. The average Bonchev–Trinajstić information content (AvgIpc) is 3.32. The lowest BCUT2D eigenvalue weighted by atomic mass is 9.92. The molecule has 2 N–H and O–H groups in total. The minimum Gasteiger partial charge on any atom is -0.480 e. The first kappa shape index (κ1) is 20.8. The maximum Gasteiger partial charge on any atom is 0.322 e. The van der Waals surface area contributed by atoms with Crippen molar-refractivity contribution in [2.24, 2.45) is 5.92 Å². The number of fused-ring (bicyclic) bond motifs is 1. The van der Waals surface area contributed by atoms with Gasteiger partial charge < -0.3 is 10.1 Å². The molecule has 0 saturated carbocycles. The second kappa shape index (κ2) is 8.36. The Morgan fingerprint density at radius 1 is 1.19 bits per heavy atom. The number of para-hydroxylation sites is 1. The van der Waals surface area contributed by atoms with Gasteiger partial charge in [-0.1, -0.05) is 18.2 Å². The predicted octanol–water partition coefficient (Wildman–Crippen LogP) is 4.01. The molecule has 3 aromatic rings. The molecule has 1 saturated heterocycles. The molecule has 1 aliphatic rings. The average molecular weight is 442 g/mol. The van der Waals surface area contributed by atoms with Crippen LogP contribution in [0.3, 0.4) is 0 Å². The van der Waals surface area contributed by atoms with E-state index in [0.29, 0.717) is 19.4 Å². The molecule has 1 fully saturated rings. The van der Waals surface area contributed by atoms with Gasteiger partial charge in [0.25, 0.3) is 11.4 Å². The molecule has 4 rings (SSSR count). The summed E-state index contributed by atoms with van der Waals surface area (Å²) < 4.78 is 1.62. The zero-order chi connectivity index (χ0) is 22.1. The normalized spacial score (nSPS) is 19.0. The Bertz CT molecular complexity index is 1180. The highest BCUT2D eigenvalue weighted by molar-refractivity contribution is 7.97. The number of nitro benzene ring substituents is 2. The van der Waals surface area contributed by atoms with E-state index in [-0.39, 0.29) is 16.5 Å². The van der Waals surface area contributed by atoms with Crippen molar-refractivity contribution in [2.45, 2.75) is 23.8 Å². The van der Waals surface area contributed by atoms with E-state index in [1.165, 1.54) is 12.1 Å². The molecule has 10 nitrogen and oxygen atoms in total. The summed E-state index contributed by atoms with van der Waals surface area (Å²) in [5, 5.41) is 33.3. The molecule has 31 heavy (non-hydrogen) atoms. The molecular weight excluding hydrogens is 424 g/mol. The van der Waals surface area contributed by atoms with Crippen molar-refractivity contribution in [3.63, 3.8) is 0 Å². The lowest BCUT2D eigenvalue weighted by Gasteiger charge is -2.23. The summed E-state index contributed by atoms with van der Waals surface area (Å²) in [6.45, 7) is 0.433. The Balaban J connectivity index is 1.58. The second-order valence-corrected chi connectivity index (χ2v) is 8.39. The van der Waals surface area contributed by atoms with Gasteiger partial charge in [0.1, 0.15) is 10.9 Å². The number of carboxylic acid groups (broad SMARTS) is 1. The van der Waals surface area contributed by atoms with Crippen LogP contribution in [0, 0.1) is 26.1 Å². The topological polar surface area (TPSA) is 143 Å². The summed E-state index contributed by atoms with van der Waals surface area (Å²) in [6.07, 6.45) is 3.06. The standard InChI is InChI=1S/C20H18N4O6S/c25-20(26)19-12(9-13-11-21-16-4-2-1-3-15(13)16)7-8-22(19)31-18-6-5-14(23(27)28)10-17(18)24(29)30/h1-6,10-12,19,21H,7-9H2,(H,25,26)/t12-,19-/m0/s1. The summed E-state index contributed by atoms with van der Waals surface area (Å²) in [5.41, 5.74) is 1.21. The molecule has 0 radical (unpaired) electrons. The minimum atomic E-state index is -1.00. The van der Waals surface area contributed by atoms with Gasteiger partial charge in [0.15, 0.2) is 0 Å². The van der Waals surface area contributed by atoms with Gasteiger partial charge in [0, 0.05) is 29.7 Å². The molecule has 0 aliphatic carbocycles. The highest BCUT2D eigenvalue weighted by Crippen LogP contribution is 2.41. The molecule has 0 amide bonds. The zero-order valence-electron chi connectivity index (χ0n) is 16.1. The lowest BCUT2D eigenvalue weighted by molar-refractivity contribution is -0.396. The number of carbonyl (C=O) groups is 1. The number of H-pyrrole nitrogens is 1. The number of benzene rings is 2. The van der Waals surface area contributed by atoms with Crippen LogP contribution in [0.2, 0.25) is 0 Å². The Kier molecular flexibility index (Phi) is 5.61. The van der Waals surface area contributed by atoms with Crippen molar-refractivity contribution in [2.75, 3.05) is 6.54 Å². The van der Waals surface area contributed by atoms with Crippen LogP contribution >= 0.6 is 11.9 Å². The monoisotopic (exact) mass is 442 g/mol.